The van der Waals surface area contributed by atoms with Crippen LogP contribution in [0.4, 0.5) is 0 Å². The summed E-state index contributed by atoms with van der Waals surface area (Å²) in [5.41, 5.74) is 0.352. The van der Waals surface area contributed by atoms with Crippen molar-refractivity contribution in [3.8, 4) is 0 Å². The molecule has 0 spiro atoms. The molecule has 1 rings (SSSR count). The maximum atomic E-state index is 12.3. The second-order valence-corrected chi connectivity index (χ2v) is 7.63. The first-order valence-electron chi connectivity index (χ1n) is 8.74. The first-order chi connectivity index (χ1) is 12.3. The van der Waals surface area contributed by atoms with Gasteiger partial charge in [-0.1, -0.05) is 26.0 Å². The van der Waals surface area contributed by atoms with Gasteiger partial charge in [-0.3, -0.25) is 9.59 Å². The lowest BCUT2D eigenvalue weighted by Crippen LogP contribution is -2.31. The van der Waals surface area contributed by atoms with Gasteiger partial charge in [0.25, 0.3) is 5.91 Å². The van der Waals surface area contributed by atoms with Crippen molar-refractivity contribution in [2.24, 2.45) is 5.92 Å². The SMILES string of the molecule is CC(C)CCNC(=O)COC(=O)c1ccccc1SCC(=O)NC(C)C. The summed E-state index contributed by atoms with van der Waals surface area (Å²) >= 11 is 1.26. The molecule has 0 atom stereocenters. The van der Waals surface area contributed by atoms with E-state index in [1.165, 1.54) is 11.8 Å². The number of esters is 1. The zero-order valence-electron chi connectivity index (χ0n) is 15.8. The molecule has 0 bridgehead atoms. The van der Waals surface area contributed by atoms with Crippen molar-refractivity contribution in [1.29, 1.82) is 0 Å². The Bertz CT molecular complexity index is 617. The van der Waals surface area contributed by atoms with E-state index in [1.807, 2.05) is 13.8 Å². The predicted molar refractivity (Wildman–Crippen MR) is 103 cm³/mol. The van der Waals surface area contributed by atoms with Crippen molar-refractivity contribution in [2.45, 2.75) is 45.1 Å². The van der Waals surface area contributed by atoms with E-state index in [2.05, 4.69) is 24.5 Å². The third-order valence-electron chi connectivity index (χ3n) is 3.29. The first kappa shape index (κ1) is 22.0. The highest BCUT2D eigenvalue weighted by molar-refractivity contribution is 8.00. The van der Waals surface area contributed by atoms with E-state index in [0.717, 1.165) is 6.42 Å². The Kier molecular flexibility index (Phi) is 9.80. The topological polar surface area (TPSA) is 84.5 Å². The van der Waals surface area contributed by atoms with Crippen LogP contribution in [0.1, 0.15) is 44.5 Å². The summed E-state index contributed by atoms with van der Waals surface area (Å²) in [6.45, 7) is 8.17. The van der Waals surface area contributed by atoms with Crippen LogP contribution in [0.5, 0.6) is 0 Å². The predicted octanol–water partition coefficient (Wildman–Crippen LogP) is 2.62. The molecule has 0 aliphatic heterocycles. The number of benzene rings is 1. The molecule has 0 saturated carbocycles. The highest BCUT2D eigenvalue weighted by Gasteiger charge is 2.15. The quantitative estimate of drug-likeness (QED) is 0.481. The molecular formula is C19H28N2O4S. The van der Waals surface area contributed by atoms with Gasteiger partial charge in [-0.15, -0.1) is 11.8 Å². The molecule has 0 aromatic heterocycles. The molecule has 0 unspecified atom stereocenters. The smallest absolute Gasteiger partial charge is 0.339 e. The minimum absolute atomic E-state index is 0.0671. The number of amides is 2. The molecule has 7 heteroatoms. The van der Waals surface area contributed by atoms with Crippen molar-refractivity contribution in [1.82, 2.24) is 10.6 Å². The molecule has 144 valence electrons. The largest absolute Gasteiger partial charge is 0.452 e. The van der Waals surface area contributed by atoms with Crippen LogP contribution in [0.3, 0.4) is 0 Å². The van der Waals surface area contributed by atoms with Crippen LogP contribution in [-0.2, 0) is 14.3 Å². The van der Waals surface area contributed by atoms with Gasteiger partial charge >= 0.3 is 5.97 Å². The van der Waals surface area contributed by atoms with E-state index in [-0.39, 0.29) is 30.2 Å². The summed E-state index contributed by atoms with van der Waals surface area (Å²) in [4.78, 5) is 36.4. The Hall–Kier alpha value is -2.02. The monoisotopic (exact) mass is 380 g/mol. The Morgan fingerprint density at radius 2 is 1.77 bits per heavy atom. The van der Waals surface area contributed by atoms with Crippen LogP contribution in [0.25, 0.3) is 0 Å². The van der Waals surface area contributed by atoms with Gasteiger partial charge in [0.05, 0.1) is 11.3 Å². The Morgan fingerprint density at radius 3 is 2.42 bits per heavy atom. The first-order valence-corrected chi connectivity index (χ1v) is 9.73. The summed E-state index contributed by atoms with van der Waals surface area (Å²) in [7, 11) is 0. The van der Waals surface area contributed by atoms with Gasteiger partial charge in [-0.25, -0.2) is 4.79 Å². The maximum Gasteiger partial charge on any atom is 0.339 e. The van der Waals surface area contributed by atoms with Gasteiger partial charge in [0, 0.05) is 17.5 Å². The van der Waals surface area contributed by atoms with E-state index in [9.17, 15) is 14.4 Å². The normalized spacial score (nSPS) is 10.7. The molecule has 1 aromatic carbocycles. The highest BCUT2D eigenvalue weighted by Crippen LogP contribution is 2.23. The number of hydrogen-bond donors (Lipinski definition) is 2. The fourth-order valence-corrected chi connectivity index (χ4v) is 2.88. The summed E-state index contributed by atoms with van der Waals surface area (Å²) < 4.78 is 5.09. The van der Waals surface area contributed by atoms with Crippen LogP contribution in [-0.4, -0.2) is 42.7 Å². The fourth-order valence-electron chi connectivity index (χ4n) is 2.03. The highest BCUT2D eigenvalue weighted by atomic mass is 32.2. The maximum absolute atomic E-state index is 12.3. The van der Waals surface area contributed by atoms with E-state index in [0.29, 0.717) is 22.9 Å². The third-order valence-corrected chi connectivity index (χ3v) is 4.37. The minimum Gasteiger partial charge on any atom is -0.452 e. The number of thioether (sulfide) groups is 1. The van der Waals surface area contributed by atoms with Crippen molar-refractivity contribution >= 4 is 29.5 Å². The molecule has 2 N–H and O–H groups in total. The minimum atomic E-state index is -0.573. The van der Waals surface area contributed by atoms with Crippen LogP contribution >= 0.6 is 11.8 Å². The van der Waals surface area contributed by atoms with Crippen molar-refractivity contribution in [3.05, 3.63) is 29.8 Å². The molecule has 1 aromatic rings. The van der Waals surface area contributed by atoms with E-state index >= 15 is 0 Å². The lowest BCUT2D eigenvalue weighted by atomic mass is 10.1. The Balaban J connectivity index is 2.53. The van der Waals surface area contributed by atoms with E-state index < -0.39 is 5.97 Å². The zero-order valence-corrected chi connectivity index (χ0v) is 16.7. The molecule has 0 saturated heterocycles. The summed E-state index contributed by atoms with van der Waals surface area (Å²) in [6, 6.07) is 6.96. The standard InChI is InChI=1S/C19H28N2O4S/c1-13(2)9-10-20-17(22)11-25-19(24)15-7-5-6-8-16(15)26-12-18(23)21-14(3)4/h5-8,13-14H,9-12H2,1-4H3,(H,20,22)(H,21,23). The molecule has 0 heterocycles. The van der Waals surface area contributed by atoms with Gasteiger partial charge in [-0.2, -0.15) is 0 Å². The van der Waals surface area contributed by atoms with Crippen LogP contribution in [0.15, 0.2) is 29.2 Å². The van der Waals surface area contributed by atoms with Crippen LogP contribution in [0.2, 0.25) is 0 Å². The second-order valence-electron chi connectivity index (χ2n) is 6.62. The fraction of sp³-hybridized carbons (Fsp3) is 0.526. The van der Waals surface area contributed by atoms with Crippen LogP contribution in [0, 0.1) is 5.92 Å². The number of ether oxygens (including phenoxy) is 1. The molecule has 0 aliphatic carbocycles. The number of carbonyl (C=O) groups excluding carboxylic acids is 3. The summed E-state index contributed by atoms with van der Waals surface area (Å²) in [6.07, 6.45) is 0.873. The molecule has 0 aliphatic rings. The van der Waals surface area contributed by atoms with Gasteiger partial charge in [0.15, 0.2) is 6.61 Å². The third kappa shape index (κ3) is 8.89. The molecule has 0 fully saturated rings. The molecule has 6 nitrogen and oxygen atoms in total. The average Bonchev–Trinajstić information content (AvgIpc) is 2.57. The second kappa shape index (κ2) is 11.6. The number of rotatable bonds is 10. The van der Waals surface area contributed by atoms with Gasteiger partial charge < -0.3 is 15.4 Å². The Morgan fingerprint density at radius 1 is 1.08 bits per heavy atom. The van der Waals surface area contributed by atoms with Crippen molar-refractivity contribution in [3.63, 3.8) is 0 Å². The average molecular weight is 381 g/mol. The summed E-state index contributed by atoms with van der Waals surface area (Å²) in [5, 5.41) is 5.52. The van der Waals surface area contributed by atoms with Gasteiger partial charge in [-0.05, 0) is 38.3 Å². The van der Waals surface area contributed by atoms with Crippen LogP contribution < -0.4 is 10.6 Å². The van der Waals surface area contributed by atoms with Gasteiger partial charge in [0.2, 0.25) is 5.91 Å². The number of carbonyl (C=O) groups is 3. The van der Waals surface area contributed by atoms with E-state index in [4.69, 9.17) is 4.74 Å². The van der Waals surface area contributed by atoms with Crippen molar-refractivity contribution in [2.75, 3.05) is 18.9 Å². The lowest BCUT2D eigenvalue weighted by Gasteiger charge is -2.11. The van der Waals surface area contributed by atoms with E-state index in [1.54, 1.807) is 24.3 Å². The Labute approximate surface area is 159 Å². The number of nitrogens with one attached hydrogen (secondary N) is 2. The number of hydrogen-bond acceptors (Lipinski definition) is 5. The molecule has 2 amide bonds. The van der Waals surface area contributed by atoms with Gasteiger partial charge in [0.1, 0.15) is 0 Å². The molecular weight excluding hydrogens is 352 g/mol. The summed E-state index contributed by atoms with van der Waals surface area (Å²) in [5.74, 6) is -0.290. The molecule has 0 radical (unpaired) electrons. The zero-order chi connectivity index (χ0) is 19.5. The molecule has 26 heavy (non-hydrogen) atoms. The van der Waals surface area contributed by atoms with Crippen molar-refractivity contribution < 1.29 is 19.1 Å². The lowest BCUT2D eigenvalue weighted by molar-refractivity contribution is -0.124.